The molecule has 37 heavy (non-hydrogen) atoms. The van der Waals surface area contributed by atoms with Gasteiger partial charge in [-0.2, -0.15) is 13.2 Å². The average molecular weight is 519 g/mol. The van der Waals surface area contributed by atoms with Gasteiger partial charge in [-0.05, 0) is 79.5 Å². The van der Waals surface area contributed by atoms with Gasteiger partial charge in [0.25, 0.3) is 0 Å². The Morgan fingerprint density at radius 1 is 1.32 bits per heavy atom. The summed E-state index contributed by atoms with van der Waals surface area (Å²) in [5, 5.41) is 15.7. The third-order valence-corrected chi connectivity index (χ3v) is 7.81. The Morgan fingerprint density at radius 2 is 2.14 bits per heavy atom. The van der Waals surface area contributed by atoms with Gasteiger partial charge in [0.1, 0.15) is 5.82 Å². The molecule has 3 N–H and O–H groups in total. The van der Waals surface area contributed by atoms with Crippen molar-refractivity contribution >= 4 is 17.5 Å². The summed E-state index contributed by atoms with van der Waals surface area (Å²) in [5.74, 6) is 0.571. The number of fused-ring (bicyclic) bond motifs is 1. The van der Waals surface area contributed by atoms with Crippen LogP contribution in [0.15, 0.2) is 30.3 Å². The first-order valence-electron chi connectivity index (χ1n) is 12.8. The van der Waals surface area contributed by atoms with Crippen LogP contribution in [0.3, 0.4) is 0 Å². The van der Waals surface area contributed by atoms with E-state index in [4.69, 9.17) is 9.72 Å². The van der Waals surface area contributed by atoms with E-state index in [9.17, 15) is 23.1 Å². The number of alkyl halides is 3. The molecule has 3 heterocycles. The summed E-state index contributed by atoms with van der Waals surface area (Å²) in [5.41, 5.74) is 4.33. The van der Waals surface area contributed by atoms with Crippen LogP contribution in [0.4, 0.5) is 29.5 Å². The predicted octanol–water partition coefficient (Wildman–Crippen LogP) is 4.94. The van der Waals surface area contributed by atoms with Crippen LogP contribution in [0.25, 0.3) is 11.1 Å². The number of aryl methyl sites for hydroxylation is 1. The summed E-state index contributed by atoms with van der Waals surface area (Å²) in [7, 11) is 0. The number of nitrogens with one attached hydrogen (secondary N) is 2. The van der Waals surface area contributed by atoms with Crippen LogP contribution in [0.5, 0.6) is 0 Å². The van der Waals surface area contributed by atoms with Crippen molar-refractivity contribution < 1.29 is 27.8 Å². The van der Waals surface area contributed by atoms with Gasteiger partial charge < -0.3 is 25.4 Å². The van der Waals surface area contributed by atoms with Gasteiger partial charge in [-0.15, -0.1) is 0 Å². The van der Waals surface area contributed by atoms with Gasteiger partial charge in [0.15, 0.2) is 0 Å². The highest BCUT2D eigenvalue weighted by molar-refractivity contribution is 5.90. The molecular formula is C27H33F3N4O3. The lowest BCUT2D eigenvalue weighted by Crippen LogP contribution is -2.33. The number of anilines is 2. The average Bonchev–Trinajstić information content (AvgIpc) is 3.14. The molecule has 0 radical (unpaired) electrons. The summed E-state index contributed by atoms with van der Waals surface area (Å²) in [6.45, 7) is 5.63. The van der Waals surface area contributed by atoms with E-state index in [1.807, 2.05) is 32.0 Å². The molecule has 5 rings (SSSR count). The number of hydrogen-bond donors (Lipinski definition) is 3. The monoisotopic (exact) mass is 518 g/mol. The zero-order valence-electron chi connectivity index (χ0n) is 21.1. The summed E-state index contributed by atoms with van der Waals surface area (Å²) >= 11 is 0. The summed E-state index contributed by atoms with van der Waals surface area (Å²) in [6, 6.07) is 9.07. The van der Waals surface area contributed by atoms with E-state index < -0.39 is 24.5 Å². The molecule has 0 bridgehead atoms. The zero-order chi connectivity index (χ0) is 26.4. The molecule has 2 aliphatic heterocycles. The largest absolute Gasteiger partial charge is 0.394 e. The van der Waals surface area contributed by atoms with E-state index in [1.165, 1.54) is 4.90 Å². The number of likely N-dealkylation sites (tertiary alicyclic amines) is 1. The summed E-state index contributed by atoms with van der Waals surface area (Å²) < 4.78 is 44.0. The number of rotatable bonds is 7. The molecule has 0 spiro atoms. The SMILES string of the molecule is Cc1ccc(NC(=O)N2CCC(CC(F)(F)F)C2)cc1-c1cc(NC(C)CO)nc([C@]23COC[C@H]2C3)c1. The lowest BCUT2D eigenvalue weighted by molar-refractivity contribution is -0.143. The molecule has 200 valence electrons. The number of amides is 2. The number of carbonyl (C=O) groups is 1. The number of benzene rings is 1. The minimum absolute atomic E-state index is 0.0288. The fraction of sp³-hybridized carbons (Fsp3) is 0.556. The molecule has 2 aromatic rings. The topological polar surface area (TPSA) is 86.7 Å². The van der Waals surface area contributed by atoms with E-state index in [0.717, 1.165) is 35.4 Å². The first-order chi connectivity index (χ1) is 17.6. The lowest BCUT2D eigenvalue weighted by atomic mass is 9.95. The summed E-state index contributed by atoms with van der Waals surface area (Å²) in [6.07, 6.45) is -3.70. The van der Waals surface area contributed by atoms with Gasteiger partial charge in [0.05, 0.1) is 25.5 Å². The van der Waals surface area contributed by atoms with Crippen molar-refractivity contribution in [1.29, 1.82) is 0 Å². The molecular weight excluding hydrogens is 485 g/mol. The predicted molar refractivity (Wildman–Crippen MR) is 135 cm³/mol. The highest BCUT2D eigenvalue weighted by atomic mass is 19.4. The maximum atomic E-state index is 12.8. The van der Waals surface area contributed by atoms with Crippen LogP contribution in [-0.2, 0) is 10.2 Å². The molecule has 2 saturated heterocycles. The molecule has 1 aromatic heterocycles. The fourth-order valence-corrected chi connectivity index (χ4v) is 5.58. The number of aromatic nitrogens is 1. The van der Waals surface area contributed by atoms with Gasteiger partial charge in [-0.25, -0.2) is 9.78 Å². The number of carbonyl (C=O) groups excluding carboxylic acids is 1. The molecule has 2 unspecified atom stereocenters. The number of urea groups is 1. The molecule has 7 nitrogen and oxygen atoms in total. The molecule has 3 fully saturated rings. The molecule has 2 amide bonds. The molecule has 4 atom stereocenters. The van der Waals surface area contributed by atoms with E-state index >= 15 is 0 Å². The molecule has 10 heteroatoms. The minimum atomic E-state index is -4.22. The Bertz CT molecular complexity index is 1170. The Balaban J connectivity index is 1.38. The standard InChI is InChI=1S/C27H33F3N4O3/c1-16-3-4-21(32-25(36)34-6-5-18(12-34)10-27(28,29)30)9-22(16)19-7-23(26-11-20(26)14-37-15-26)33-24(8-19)31-17(2)13-35/h3-4,7-9,17-18,20,35H,5-6,10-15H2,1-2H3,(H,31,33)(H,32,36)/t17?,18?,20-,26-/m1/s1. The van der Waals surface area contributed by atoms with Crippen LogP contribution >= 0.6 is 0 Å². The number of ether oxygens (including phenoxy) is 1. The van der Waals surface area contributed by atoms with E-state index in [-0.39, 0.29) is 24.6 Å². The van der Waals surface area contributed by atoms with E-state index in [1.54, 1.807) is 6.07 Å². The van der Waals surface area contributed by atoms with Gasteiger partial charge in [0.2, 0.25) is 0 Å². The van der Waals surface area contributed by atoms with Gasteiger partial charge in [-0.3, -0.25) is 0 Å². The number of pyridine rings is 1. The maximum Gasteiger partial charge on any atom is 0.389 e. The van der Waals surface area contributed by atoms with E-state index in [0.29, 0.717) is 37.0 Å². The molecule has 1 aliphatic carbocycles. The second-order valence-electron chi connectivity index (χ2n) is 10.8. The third kappa shape index (κ3) is 5.55. The number of nitrogens with zero attached hydrogens (tertiary/aromatic N) is 2. The second kappa shape index (κ2) is 9.79. The van der Waals surface area contributed by atoms with Crippen molar-refractivity contribution in [2.75, 3.05) is 43.5 Å². The Hall–Kier alpha value is -2.85. The Morgan fingerprint density at radius 3 is 2.81 bits per heavy atom. The third-order valence-electron chi connectivity index (χ3n) is 7.81. The van der Waals surface area contributed by atoms with Crippen molar-refractivity contribution in [1.82, 2.24) is 9.88 Å². The number of aliphatic hydroxyl groups excluding tert-OH is 1. The number of aliphatic hydroxyl groups is 1. The highest BCUT2D eigenvalue weighted by Crippen LogP contribution is 2.58. The first kappa shape index (κ1) is 25.8. The maximum absolute atomic E-state index is 12.8. The quantitative estimate of drug-likeness (QED) is 0.483. The van der Waals surface area contributed by atoms with Crippen LogP contribution in [0.2, 0.25) is 0 Å². The van der Waals surface area contributed by atoms with Crippen LogP contribution in [-0.4, -0.2) is 66.1 Å². The Labute approximate surface area is 214 Å². The van der Waals surface area contributed by atoms with Crippen LogP contribution in [0.1, 0.15) is 37.4 Å². The second-order valence-corrected chi connectivity index (χ2v) is 10.8. The van der Waals surface area contributed by atoms with E-state index in [2.05, 4.69) is 16.7 Å². The Kier molecular flexibility index (Phi) is 6.83. The number of hydrogen-bond acceptors (Lipinski definition) is 5. The van der Waals surface area contributed by atoms with Gasteiger partial charge in [-0.1, -0.05) is 6.07 Å². The molecule has 1 aromatic carbocycles. The number of halogens is 3. The molecule has 3 aliphatic rings. The lowest BCUT2D eigenvalue weighted by Gasteiger charge is -2.20. The van der Waals surface area contributed by atoms with Crippen molar-refractivity contribution in [3.63, 3.8) is 0 Å². The first-order valence-corrected chi connectivity index (χ1v) is 12.8. The van der Waals surface area contributed by atoms with Gasteiger partial charge >= 0.3 is 12.2 Å². The van der Waals surface area contributed by atoms with Crippen molar-refractivity contribution in [2.45, 2.75) is 50.7 Å². The van der Waals surface area contributed by atoms with Crippen molar-refractivity contribution in [3.8, 4) is 11.1 Å². The normalized spacial score (nSPS) is 25.6. The van der Waals surface area contributed by atoms with Crippen molar-refractivity contribution in [2.24, 2.45) is 11.8 Å². The van der Waals surface area contributed by atoms with Crippen LogP contribution in [0, 0.1) is 18.8 Å². The zero-order valence-corrected chi connectivity index (χ0v) is 21.1. The summed E-state index contributed by atoms with van der Waals surface area (Å²) in [4.78, 5) is 19.1. The highest BCUT2D eigenvalue weighted by Gasteiger charge is 2.60. The smallest absolute Gasteiger partial charge is 0.389 e. The van der Waals surface area contributed by atoms with Crippen LogP contribution < -0.4 is 10.6 Å². The minimum Gasteiger partial charge on any atom is -0.394 e. The van der Waals surface area contributed by atoms with Crippen molar-refractivity contribution in [3.05, 3.63) is 41.6 Å². The van der Waals surface area contributed by atoms with Gasteiger partial charge in [0, 0.05) is 36.7 Å². The molecule has 1 saturated carbocycles. The fourth-order valence-electron chi connectivity index (χ4n) is 5.58.